The van der Waals surface area contributed by atoms with Gasteiger partial charge in [-0.25, -0.2) is 9.97 Å². The molecular formula is C17H18N4O2S. The van der Waals surface area contributed by atoms with Gasteiger partial charge in [0, 0.05) is 25.4 Å². The number of hydrogen-bond donors (Lipinski definition) is 2. The number of aromatic amines is 1. The van der Waals surface area contributed by atoms with Crippen LogP contribution in [-0.4, -0.2) is 46.9 Å². The molecule has 0 unspecified atom stereocenters. The van der Waals surface area contributed by atoms with Crippen LogP contribution in [0.5, 0.6) is 0 Å². The van der Waals surface area contributed by atoms with Gasteiger partial charge in [-0.3, -0.25) is 4.79 Å². The minimum absolute atomic E-state index is 0.0433. The van der Waals surface area contributed by atoms with E-state index in [2.05, 4.69) is 20.3 Å². The number of fused-ring (bicyclic) bond motifs is 1. The fourth-order valence-electron chi connectivity index (χ4n) is 2.24. The lowest BCUT2D eigenvalue weighted by Crippen LogP contribution is -2.28. The first-order valence-corrected chi connectivity index (χ1v) is 8.55. The standard InChI is InChI=1S/C17H18N4O2S/c1-23-10-9-18-15(22)11-24-17-12(5-4-8-19-17)16-20-13-6-2-3-7-14(13)21-16/h2-8H,9-11H2,1H3,(H,18,22)(H,20,21). The molecule has 2 N–H and O–H groups in total. The smallest absolute Gasteiger partial charge is 0.230 e. The lowest BCUT2D eigenvalue weighted by molar-refractivity contribution is -0.118. The van der Waals surface area contributed by atoms with Crippen LogP contribution in [0.3, 0.4) is 0 Å². The second kappa shape index (κ2) is 7.94. The van der Waals surface area contributed by atoms with E-state index in [0.29, 0.717) is 18.9 Å². The zero-order chi connectivity index (χ0) is 16.8. The van der Waals surface area contributed by atoms with Crippen molar-refractivity contribution >= 4 is 28.7 Å². The van der Waals surface area contributed by atoms with Crippen LogP contribution in [0.25, 0.3) is 22.4 Å². The molecule has 0 aliphatic carbocycles. The molecule has 0 atom stereocenters. The van der Waals surface area contributed by atoms with Crippen LogP contribution in [-0.2, 0) is 9.53 Å². The van der Waals surface area contributed by atoms with E-state index >= 15 is 0 Å². The van der Waals surface area contributed by atoms with E-state index in [-0.39, 0.29) is 5.91 Å². The number of carbonyl (C=O) groups excluding carboxylic acids is 1. The monoisotopic (exact) mass is 342 g/mol. The maximum Gasteiger partial charge on any atom is 0.230 e. The van der Waals surface area contributed by atoms with Gasteiger partial charge < -0.3 is 15.0 Å². The molecule has 3 aromatic rings. The Morgan fingerprint density at radius 2 is 2.17 bits per heavy atom. The van der Waals surface area contributed by atoms with Crippen molar-refractivity contribution in [3.05, 3.63) is 42.6 Å². The lowest BCUT2D eigenvalue weighted by Gasteiger charge is -2.06. The van der Waals surface area contributed by atoms with E-state index in [1.165, 1.54) is 11.8 Å². The number of pyridine rings is 1. The number of thioether (sulfide) groups is 1. The molecule has 0 spiro atoms. The number of benzene rings is 1. The second-order valence-electron chi connectivity index (χ2n) is 5.09. The molecule has 0 aliphatic rings. The van der Waals surface area contributed by atoms with Crippen molar-refractivity contribution in [2.75, 3.05) is 26.0 Å². The number of hydrogen-bond acceptors (Lipinski definition) is 5. The van der Waals surface area contributed by atoms with Gasteiger partial charge in [0.2, 0.25) is 5.91 Å². The van der Waals surface area contributed by atoms with Gasteiger partial charge >= 0.3 is 0 Å². The summed E-state index contributed by atoms with van der Waals surface area (Å²) in [6, 6.07) is 11.7. The number of imidazole rings is 1. The Kier molecular flexibility index (Phi) is 5.45. The number of nitrogens with zero attached hydrogens (tertiary/aromatic N) is 2. The molecule has 0 fully saturated rings. The van der Waals surface area contributed by atoms with Crippen LogP contribution < -0.4 is 5.32 Å². The molecule has 3 rings (SSSR count). The molecule has 0 radical (unpaired) electrons. The zero-order valence-electron chi connectivity index (χ0n) is 13.3. The van der Waals surface area contributed by atoms with Gasteiger partial charge in [0.05, 0.1) is 23.4 Å². The van der Waals surface area contributed by atoms with Crippen LogP contribution >= 0.6 is 11.8 Å². The van der Waals surface area contributed by atoms with Crippen molar-refractivity contribution in [1.82, 2.24) is 20.3 Å². The fraction of sp³-hybridized carbons (Fsp3) is 0.235. The number of ether oxygens (including phenoxy) is 1. The van der Waals surface area contributed by atoms with Crippen LogP contribution in [0, 0.1) is 0 Å². The summed E-state index contributed by atoms with van der Waals surface area (Å²) in [4.78, 5) is 24.1. The summed E-state index contributed by atoms with van der Waals surface area (Å²) in [7, 11) is 1.61. The summed E-state index contributed by atoms with van der Waals surface area (Å²) in [5.74, 6) is 1.01. The van der Waals surface area contributed by atoms with Crippen molar-refractivity contribution in [3.63, 3.8) is 0 Å². The van der Waals surface area contributed by atoms with Crippen molar-refractivity contribution in [3.8, 4) is 11.4 Å². The Labute approximate surface area is 144 Å². The fourth-order valence-corrected chi connectivity index (χ4v) is 3.07. The number of nitrogens with one attached hydrogen (secondary N) is 2. The summed E-state index contributed by atoms with van der Waals surface area (Å²) < 4.78 is 4.91. The molecule has 2 aromatic heterocycles. The van der Waals surface area contributed by atoms with Crippen LogP contribution in [0.15, 0.2) is 47.6 Å². The number of H-pyrrole nitrogens is 1. The predicted molar refractivity (Wildman–Crippen MR) is 94.9 cm³/mol. The Bertz CT molecular complexity index is 801. The minimum Gasteiger partial charge on any atom is -0.383 e. The van der Waals surface area contributed by atoms with Crippen LogP contribution in [0.4, 0.5) is 0 Å². The first-order chi connectivity index (χ1) is 11.8. The topological polar surface area (TPSA) is 79.9 Å². The number of amides is 1. The molecule has 7 heteroatoms. The highest BCUT2D eigenvalue weighted by molar-refractivity contribution is 8.00. The molecule has 0 saturated carbocycles. The average Bonchev–Trinajstić information content (AvgIpc) is 3.04. The molecule has 0 saturated heterocycles. The quantitative estimate of drug-likeness (QED) is 0.509. The second-order valence-corrected chi connectivity index (χ2v) is 6.05. The summed E-state index contributed by atoms with van der Waals surface area (Å²) in [5.41, 5.74) is 2.78. The number of methoxy groups -OCH3 is 1. The van der Waals surface area contributed by atoms with Gasteiger partial charge in [0.15, 0.2) is 0 Å². The summed E-state index contributed by atoms with van der Waals surface area (Å²) >= 11 is 1.39. The third-order valence-electron chi connectivity index (χ3n) is 3.38. The predicted octanol–water partition coefficient (Wildman–Crippen LogP) is 2.48. The lowest BCUT2D eigenvalue weighted by atomic mass is 10.3. The summed E-state index contributed by atoms with van der Waals surface area (Å²) in [6.07, 6.45) is 1.72. The van der Waals surface area contributed by atoms with Gasteiger partial charge in [-0.05, 0) is 24.3 Å². The molecule has 2 heterocycles. The van der Waals surface area contributed by atoms with Gasteiger partial charge in [-0.2, -0.15) is 0 Å². The van der Waals surface area contributed by atoms with E-state index < -0.39 is 0 Å². The molecular weight excluding hydrogens is 324 g/mol. The third kappa shape index (κ3) is 3.93. The highest BCUT2D eigenvalue weighted by Gasteiger charge is 2.12. The molecule has 0 bridgehead atoms. The highest BCUT2D eigenvalue weighted by atomic mass is 32.2. The van der Waals surface area contributed by atoms with E-state index in [1.54, 1.807) is 13.3 Å². The van der Waals surface area contributed by atoms with Crippen molar-refractivity contribution in [1.29, 1.82) is 0 Å². The molecule has 6 nitrogen and oxygen atoms in total. The zero-order valence-corrected chi connectivity index (χ0v) is 14.1. The number of rotatable bonds is 7. The molecule has 24 heavy (non-hydrogen) atoms. The van der Waals surface area contributed by atoms with Gasteiger partial charge in [-0.15, -0.1) is 0 Å². The minimum atomic E-state index is -0.0433. The molecule has 124 valence electrons. The van der Waals surface area contributed by atoms with E-state index in [0.717, 1.165) is 27.4 Å². The molecule has 1 amide bonds. The number of carbonyl (C=O) groups is 1. The third-order valence-corrected chi connectivity index (χ3v) is 4.39. The summed E-state index contributed by atoms with van der Waals surface area (Å²) in [5, 5.41) is 3.57. The maximum atomic E-state index is 11.8. The number of aromatic nitrogens is 3. The van der Waals surface area contributed by atoms with E-state index in [1.807, 2.05) is 36.4 Å². The average molecular weight is 342 g/mol. The van der Waals surface area contributed by atoms with Crippen LogP contribution in [0.2, 0.25) is 0 Å². The summed E-state index contributed by atoms with van der Waals surface area (Å²) in [6.45, 7) is 1.01. The van der Waals surface area contributed by atoms with Crippen LogP contribution in [0.1, 0.15) is 0 Å². The van der Waals surface area contributed by atoms with Gasteiger partial charge in [0.1, 0.15) is 10.9 Å². The highest BCUT2D eigenvalue weighted by Crippen LogP contribution is 2.28. The Morgan fingerprint density at radius 1 is 1.29 bits per heavy atom. The Morgan fingerprint density at radius 3 is 3.00 bits per heavy atom. The van der Waals surface area contributed by atoms with E-state index in [9.17, 15) is 4.79 Å². The maximum absolute atomic E-state index is 11.8. The largest absolute Gasteiger partial charge is 0.383 e. The normalized spacial score (nSPS) is 10.9. The first kappa shape index (κ1) is 16.5. The van der Waals surface area contributed by atoms with Crippen molar-refractivity contribution in [2.24, 2.45) is 0 Å². The molecule has 0 aliphatic heterocycles. The van der Waals surface area contributed by atoms with E-state index in [4.69, 9.17) is 4.74 Å². The Hall–Kier alpha value is -2.38. The SMILES string of the molecule is COCCNC(=O)CSc1ncccc1-c1nc2ccccc2[nH]1. The van der Waals surface area contributed by atoms with Gasteiger partial charge in [-0.1, -0.05) is 23.9 Å². The van der Waals surface area contributed by atoms with Crippen molar-refractivity contribution in [2.45, 2.75) is 5.03 Å². The van der Waals surface area contributed by atoms with Crippen molar-refractivity contribution < 1.29 is 9.53 Å². The number of para-hydroxylation sites is 2. The first-order valence-electron chi connectivity index (χ1n) is 7.56. The molecule has 1 aromatic carbocycles. The van der Waals surface area contributed by atoms with Gasteiger partial charge in [0.25, 0.3) is 0 Å². The Balaban J connectivity index is 1.74.